The second-order valence-electron chi connectivity index (χ2n) is 0.283. The average molecular weight is 112 g/mol. The summed E-state index contributed by atoms with van der Waals surface area (Å²) in [6.07, 6.45) is 0. The number of rotatable bonds is 0. The van der Waals surface area contributed by atoms with Gasteiger partial charge in [-0.05, 0) is 0 Å². The molecule has 0 rings (SSSR count). The van der Waals surface area contributed by atoms with Crippen LogP contribution in [-0.4, -0.2) is 18.8 Å². The van der Waals surface area contributed by atoms with E-state index in [1.807, 2.05) is 0 Å². The normalized spacial score (nSPS) is 4.80. The zero-order valence-electron chi connectivity index (χ0n) is 2.51. The van der Waals surface area contributed by atoms with E-state index >= 15 is 0 Å². The van der Waals surface area contributed by atoms with Gasteiger partial charge in [0, 0.05) is 0 Å². The van der Waals surface area contributed by atoms with Gasteiger partial charge in [-0.15, -0.1) is 0 Å². The molecular formula is H5O3PSi. The summed E-state index contributed by atoms with van der Waals surface area (Å²) >= 11 is 0. The molecule has 0 spiro atoms. The fourth-order valence-electron chi connectivity index (χ4n) is 0. The van der Waals surface area contributed by atoms with Gasteiger partial charge in [0.1, 0.15) is 0 Å². The van der Waals surface area contributed by atoms with Gasteiger partial charge in [-0.25, -0.2) is 0 Å². The van der Waals surface area contributed by atoms with E-state index < -0.39 is 9.17 Å². The first-order chi connectivity index (χ1) is 1.73. The molecule has 0 amide bonds. The fourth-order valence-corrected chi connectivity index (χ4v) is 0. The van der Waals surface area contributed by atoms with E-state index in [0.717, 1.165) is 0 Å². The van der Waals surface area contributed by atoms with Crippen LogP contribution in [0.15, 0.2) is 0 Å². The van der Waals surface area contributed by atoms with Crippen LogP contribution in [0.4, 0.5) is 0 Å². The second kappa shape index (κ2) is 4.05. The lowest BCUT2D eigenvalue weighted by molar-refractivity contribution is 0.330. The molecule has 0 fully saturated rings. The average Bonchev–Trinajstić information content (AvgIpc) is 0.811. The Morgan fingerprint density at radius 3 is 1.40 bits per heavy atom. The molecule has 0 aliphatic heterocycles. The molecule has 0 aromatic rings. The lowest BCUT2D eigenvalue weighted by Crippen LogP contribution is -1.90. The van der Waals surface area contributed by atoms with Crippen molar-refractivity contribution in [2.45, 2.75) is 0 Å². The van der Waals surface area contributed by atoms with Crippen molar-refractivity contribution in [3.05, 3.63) is 0 Å². The predicted octanol–water partition coefficient (Wildman–Crippen LogP) is -1.56. The fraction of sp³-hybridized carbons (Fsp3) is 0. The van der Waals surface area contributed by atoms with Crippen molar-refractivity contribution < 1.29 is 14.1 Å². The van der Waals surface area contributed by atoms with Crippen LogP contribution in [0.25, 0.3) is 0 Å². The highest BCUT2D eigenvalue weighted by molar-refractivity contribution is 6.92. The molecule has 0 aliphatic carbocycles. The van der Waals surface area contributed by atoms with Gasteiger partial charge in [0.25, 0.3) is 0 Å². The van der Waals surface area contributed by atoms with Crippen molar-refractivity contribution in [1.29, 1.82) is 0 Å². The van der Waals surface area contributed by atoms with E-state index in [1.54, 1.807) is 0 Å². The summed E-state index contributed by atoms with van der Waals surface area (Å²) in [4.78, 5) is 14.3. The summed E-state index contributed by atoms with van der Waals surface area (Å²) in [6.45, 7) is 0. The maximum atomic E-state index is 8.74. The highest BCUT2D eigenvalue weighted by atomic mass is 31.0. The zero-order valence-corrected chi connectivity index (χ0v) is 4.92. The first-order valence-electron chi connectivity index (χ1n) is 0.651. The molecule has 0 saturated carbocycles. The Morgan fingerprint density at radius 2 is 1.40 bits per heavy atom. The smallest absolute Gasteiger partial charge is 0.511 e. The third-order valence-electron chi connectivity index (χ3n) is 0. The van der Waals surface area contributed by atoms with Crippen LogP contribution in [0, 0.1) is 0 Å². The van der Waals surface area contributed by atoms with Gasteiger partial charge in [-0.2, -0.15) is 9.90 Å². The van der Waals surface area contributed by atoms with E-state index in [-0.39, 0.29) is 9.90 Å². The molecule has 5 heavy (non-hydrogen) atoms. The Balaban J connectivity index is 0. The quantitative estimate of drug-likeness (QED) is 0.294. The van der Waals surface area contributed by atoms with Crippen LogP contribution in [0.2, 0.25) is 0 Å². The minimum absolute atomic E-state index is 0. The Hall–Kier alpha value is 0.0469. The first kappa shape index (κ1) is 8.90. The van der Waals surface area contributed by atoms with Crippen LogP contribution in [0.5, 0.6) is 0 Å². The largest absolute Gasteiger partial charge is 0.761 e. The first-order valence-corrected chi connectivity index (χ1v) is 1.95. The molecule has 0 heterocycles. The molecule has 0 aromatic carbocycles. The summed E-state index contributed by atoms with van der Waals surface area (Å²) in [6, 6.07) is 0. The minimum atomic E-state index is -3.13. The lowest BCUT2D eigenvalue weighted by atomic mass is 15.8. The van der Waals surface area contributed by atoms with E-state index in [0.29, 0.717) is 0 Å². The highest BCUT2D eigenvalue weighted by Crippen LogP contribution is 1.27. The van der Waals surface area contributed by atoms with E-state index in [2.05, 4.69) is 0 Å². The molecule has 1 unspecified atom stereocenters. The summed E-state index contributed by atoms with van der Waals surface area (Å²) < 4.78 is 8.74. The molecule has 2 N–H and O–H groups in total. The van der Waals surface area contributed by atoms with Gasteiger partial charge in [0.15, 0.2) is 0 Å². The van der Waals surface area contributed by atoms with E-state index in [9.17, 15) is 0 Å². The van der Waals surface area contributed by atoms with Gasteiger partial charge in [-0.1, -0.05) is 0 Å². The van der Waals surface area contributed by atoms with Crippen LogP contribution >= 0.6 is 9.90 Å². The molecular weight excluding hydrogens is 107 g/mol. The van der Waals surface area contributed by atoms with Gasteiger partial charge >= 0.3 is 9.17 Å². The van der Waals surface area contributed by atoms with E-state index in [1.165, 1.54) is 0 Å². The van der Waals surface area contributed by atoms with Gasteiger partial charge in [0.05, 0.1) is 0 Å². The summed E-state index contributed by atoms with van der Waals surface area (Å²) in [7, 11) is -3.13. The van der Waals surface area contributed by atoms with Gasteiger partial charge in [-0.3, -0.25) is 4.46 Å². The SMILES string of the molecule is O=[Si](O)O.P. The third kappa shape index (κ3) is 7710. The monoisotopic (exact) mass is 112 g/mol. The van der Waals surface area contributed by atoms with Crippen molar-refractivity contribution >= 4 is 19.1 Å². The minimum Gasteiger partial charge on any atom is -0.511 e. The molecule has 5 heteroatoms. The summed E-state index contributed by atoms with van der Waals surface area (Å²) in [5.74, 6) is 0. The molecule has 0 aromatic heterocycles. The molecule has 1 atom stereocenters. The molecule has 3 nitrogen and oxygen atoms in total. The number of hydrogen-bond acceptors (Lipinski definition) is 1. The van der Waals surface area contributed by atoms with Gasteiger partial charge < -0.3 is 9.59 Å². The van der Waals surface area contributed by atoms with Crippen molar-refractivity contribution in [3.63, 3.8) is 0 Å². The lowest BCUT2D eigenvalue weighted by Gasteiger charge is -1.55. The maximum Gasteiger partial charge on any atom is 0.761 e. The highest BCUT2D eigenvalue weighted by Gasteiger charge is 1.85. The molecule has 0 bridgehead atoms. The summed E-state index contributed by atoms with van der Waals surface area (Å²) in [5, 5.41) is 0. The summed E-state index contributed by atoms with van der Waals surface area (Å²) in [5.41, 5.74) is 0. The topological polar surface area (TPSA) is 57.5 Å². The predicted molar refractivity (Wildman–Crippen MR) is 22.0 cm³/mol. The maximum absolute atomic E-state index is 8.74. The van der Waals surface area contributed by atoms with Gasteiger partial charge in [0.2, 0.25) is 0 Å². The van der Waals surface area contributed by atoms with Crippen LogP contribution in [-0.2, 0) is 4.46 Å². The molecule has 0 saturated heterocycles. The van der Waals surface area contributed by atoms with Crippen LogP contribution in [0.1, 0.15) is 0 Å². The van der Waals surface area contributed by atoms with E-state index in [4.69, 9.17) is 14.1 Å². The van der Waals surface area contributed by atoms with Crippen molar-refractivity contribution in [1.82, 2.24) is 0 Å². The molecule has 32 valence electrons. The Bertz CT molecular complexity index is 29.9. The Morgan fingerprint density at radius 1 is 1.40 bits per heavy atom. The van der Waals surface area contributed by atoms with Crippen molar-refractivity contribution in [3.8, 4) is 0 Å². The third-order valence-corrected chi connectivity index (χ3v) is 0. The zero-order chi connectivity index (χ0) is 3.58. The molecule has 0 aliphatic rings. The second-order valence-corrected chi connectivity index (χ2v) is 0.848. The Labute approximate surface area is 34.2 Å². The molecule has 0 radical (unpaired) electrons. The Kier molecular flexibility index (Phi) is 7.21. The van der Waals surface area contributed by atoms with Crippen LogP contribution in [0.3, 0.4) is 0 Å². The van der Waals surface area contributed by atoms with Crippen molar-refractivity contribution in [2.24, 2.45) is 0 Å². The van der Waals surface area contributed by atoms with Crippen LogP contribution < -0.4 is 0 Å². The number of hydrogen-bond donors (Lipinski definition) is 2. The van der Waals surface area contributed by atoms with Crippen molar-refractivity contribution in [2.75, 3.05) is 0 Å². The standard InChI is InChI=1S/H2O3Si.H3P/c1-4(2)3;/h1-2H;1H3.